The highest BCUT2D eigenvalue weighted by molar-refractivity contribution is 9.12. The quantitative estimate of drug-likeness (QED) is 0.591. The number of alkyl halides is 3. The lowest BCUT2D eigenvalue weighted by atomic mass is 10.0. The minimum Gasteiger partial charge on any atom is -0.468 e. The number of ether oxygens (including phenoxy) is 1. The zero-order valence-electron chi connectivity index (χ0n) is 7.11. The van der Waals surface area contributed by atoms with Gasteiger partial charge in [-0.1, -0.05) is 31.9 Å². The topological polar surface area (TPSA) is 26.3 Å². The van der Waals surface area contributed by atoms with Crippen molar-refractivity contribution in [3.05, 3.63) is 0 Å². The Kier molecular flexibility index (Phi) is 4.69. The highest BCUT2D eigenvalue weighted by atomic mass is 79.9. The molecule has 0 fully saturated rings. The van der Waals surface area contributed by atoms with Gasteiger partial charge in [0.1, 0.15) is 11.0 Å². The monoisotopic (exact) mass is 304 g/mol. The Morgan fingerprint density at radius 1 is 1.67 bits per heavy atom. The van der Waals surface area contributed by atoms with E-state index in [1.54, 1.807) is 6.92 Å². The Morgan fingerprint density at radius 3 is 2.33 bits per heavy atom. The molecule has 0 saturated carbocycles. The van der Waals surface area contributed by atoms with E-state index < -0.39 is 21.3 Å². The van der Waals surface area contributed by atoms with Gasteiger partial charge in [0.05, 0.1) is 11.4 Å². The van der Waals surface area contributed by atoms with Gasteiger partial charge >= 0.3 is 5.97 Å². The molecule has 0 aromatic heterocycles. The van der Waals surface area contributed by atoms with Gasteiger partial charge in [0, 0.05) is 0 Å². The highest BCUT2D eigenvalue weighted by Gasteiger charge is 2.40. The third-order valence-corrected chi connectivity index (χ3v) is 4.71. The molecule has 12 heavy (non-hydrogen) atoms. The standard InChI is InChI=1S/C7H11Br2FO2/c1-4(10)7(2,9)5(8)6(11)12-3/h4-5H,1-3H3. The van der Waals surface area contributed by atoms with Crippen LogP contribution in [-0.4, -0.2) is 28.4 Å². The first kappa shape index (κ1) is 12.4. The van der Waals surface area contributed by atoms with Crippen LogP contribution in [0.3, 0.4) is 0 Å². The Morgan fingerprint density at radius 2 is 2.08 bits per heavy atom. The molecule has 0 rings (SSSR count). The van der Waals surface area contributed by atoms with Crippen LogP contribution < -0.4 is 0 Å². The molecular weight excluding hydrogens is 295 g/mol. The predicted octanol–water partition coefficient (Wildman–Crippen LogP) is 2.43. The molecule has 0 aliphatic carbocycles. The molecule has 0 saturated heterocycles. The SMILES string of the molecule is COC(=O)C(Br)C(C)(Br)C(C)F. The number of halogens is 3. The van der Waals surface area contributed by atoms with Crippen molar-refractivity contribution >= 4 is 37.8 Å². The molecule has 0 aromatic rings. The van der Waals surface area contributed by atoms with E-state index in [2.05, 4.69) is 36.6 Å². The van der Waals surface area contributed by atoms with Gasteiger partial charge in [0.25, 0.3) is 0 Å². The summed E-state index contributed by atoms with van der Waals surface area (Å²) in [5.41, 5.74) is 0. The highest BCUT2D eigenvalue weighted by Crippen LogP contribution is 2.33. The van der Waals surface area contributed by atoms with E-state index in [1.165, 1.54) is 14.0 Å². The summed E-state index contributed by atoms with van der Waals surface area (Å²) in [6.45, 7) is 2.97. The van der Waals surface area contributed by atoms with Gasteiger partial charge in [0.2, 0.25) is 0 Å². The van der Waals surface area contributed by atoms with Crippen molar-refractivity contribution < 1.29 is 13.9 Å². The zero-order chi connectivity index (χ0) is 9.94. The number of esters is 1. The Labute approximate surface area is 88.1 Å². The number of hydrogen-bond donors (Lipinski definition) is 0. The molecule has 0 radical (unpaired) electrons. The summed E-state index contributed by atoms with van der Waals surface area (Å²) in [4.78, 5) is 10.3. The maximum absolute atomic E-state index is 12.9. The van der Waals surface area contributed by atoms with Gasteiger partial charge < -0.3 is 4.74 Å². The molecule has 5 heteroatoms. The summed E-state index contributed by atoms with van der Waals surface area (Å²) in [5.74, 6) is -0.487. The number of hydrogen-bond acceptors (Lipinski definition) is 2. The van der Waals surface area contributed by atoms with Gasteiger partial charge in [-0.2, -0.15) is 0 Å². The molecule has 0 bridgehead atoms. The maximum Gasteiger partial charge on any atom is 0.321 e. The predicted molar refractivity (Wildman–Crippen MR) is 52.6 cm³/mol. The van der Waals surface area contributed by atoms with Gasteiger partial charge in [-0.3, -0.25) is 4.79 Å². The molecule has 0 spiro atoms. The van der Waals surface area contributed by atoms with Crippen LogP contribution in [0.15, 0.2) is 0 Å². The lowest BCUT2D eigenvalue weighted by Gasteiger charge is -2.27. The normalized spacial score (nSPS) is 20.8. The lowest BCUT2D eigenvalue weighted by molar-refractivity contribution is -0.140. The molecule has 0 heterocycles. The van der Waals surface area contributed by atoms with Gasteiger partial charge in [-0.15, -0.1) is 0 Å². The summed E-state index contributed by atoms with van der Waals surface area (Å²) in [7, 11) is 1.27. The van der Waals surface area contributed by atoms with Gasteiger partial charge in [-0.05, 0) is 13.8 Å². The summed E-state index contributed by atoms with van der Waals surface area (Å²) in [6, 6.07) is 0. The van der Waals surface area contributed by atoms with Crippen LogP contribution in [0.4, 0.5) is 4.39 Å². The fraction of sp³-hybridized carbons (Fsp3) is 0.857. The molecule has 0 aliphatic heterocycles. The van der Waals surface area contributed by atoms with E-state index in [0.29, 0.717) is 0 Å². The summed E-state index contributed by atoms with van der Waals surface area (Å²) in [6.07, 6.45) is -1.15. The van der Waals surface area contributed by atoms with Crippen LogP contribution in [0.5, 0.6) is 0 Å². The van der Waals surface area contributed by atoms with Crippen molar-refractivity contribution in [3.8, 4) is 0 Å². The lowest BCUT2D eigenvalue weighted by Crippen LogP contribution is -2.42. The number of rotatable bonds is 3. The molecule has 3 atom stereocenters. The maximum atomic E-state index is 12.9. The first-order chi connectivity index (χ1) is 5.34. The average molecular weight is 306 g/mol. The summed E-state index contributed by atoms with van der Waals surface area (Å²) < 4.78 is 16.5. The third-order valence-electron chi connectivity index (χ3n) is 1.68. The average Bonchev–Trinajstić information content (AvgIpc) is 2.01. The summed E-state index contributed by atoms with van der Waals surface area (Å²) in [5, 5.41) is 0. The Hall–Kier alpha value is 0.360. The van der Waals surface area contributed by atoms with Crippen molar-refractivity contribution in [3.63, 3.8) is 0 Å². The van der Waals surface area contributed by atoms with E-state index in [-0.39, 0.29) is 0 Å². The second-order valence-electron chi connectivity index (χ2n) is 2.65. The summed E-state index contributed by atoms with van der Waals surface area (Å²) >= 11 is 6.19. The van der Waals surface area contributed by atoms with Crippen molar-refractivity contribution in [1.29, 1.82) is 0 Å². The minimum absolute atomic E-state index is 0.487. The second-order valence-corrected chi connectivity index (χ2v) is 5.28. The molecule has 72 valence electrons. The van der Waals surface area contributed by atoms with Crippen LogP contribution in [0.1, 0.15) is 13.8 Å². The minimum atomic E-state index is -1.15. The van der Waals surface area contributed by atoms with E-state index in [1.807, 2.05) is 0 Å². The Balaban J connectivity index is 4.45. The largest absolute Gasteiger partial charge is 0.468 e. The van der Waals surface area contributed by atoms with E-state index in [4.69, 9.17) is 0 Å². The number of carbonyl (C=O) groups excluding carboxylic acids is 1. The van der Waals surface area contributed by atoms with Crippen molar-refractivity contribution in [2.75, 3.05) is 7.11 Å². The van der Waals surface area contributed by atoms with Crippen LogP contribution in [0, 0.1) is 0 Å². The van der Waals surface area contributed by atoms with Crippen LogP contribution >= 0.6 is 31.9 Å². The number of carbonyl (C=O) groups is 1. The van der Waals surface area contributed by atoms with Crippen molar-refractivity contribution in [1.82, 2.24) is 0 Å². The first-order valence-corrected chi connectivity index (χ1v) is 5.09. The van der Waals surface area contributed by atoms with Crippen molar-refractivity contribution in [2.45, 2.75) is 29.2 Å². The van der Waals surface area contributed by atoms with Gasteiger partial charge in [0.15, 0.2) is 0 Å². The number of methoxy groups -OCH3 is 1. The van der Waals surface area contributed by atoms with Crippen LogP contribution in [-0.2, 0) is 9.53 Å². The second kappa shape index (κ2) is 4.56. The fourth-order valence-corrected chi connectivity index (χ4v) is 1.27. The molecule has 0 amide bonds. The first-order valence-electron chi connectivity index (χ1n) is 3.39. The molecule has 0 aromatic carbocycles. The molecule has 2 nitrogen and oxygen atoms in total. The molecule has 0 N–H and O–H groups in total. The Bertz CT molecular complexity index is 171. The van der Waals surface area contributed by atoms with Crippen molar-refractivity contribution in [2.24, 2.45) is 0 Å². The van der Waals surface area contributed by atoms with E-state index >= 15 is 0 Å². The molecule has 3 unspecified atom stereocenters. The zero-order valence-corrected chi connectivity index (χ0v) is 10.3. The molecular formula is C7H11Br2FO2. The molecule has 0 aliphatic rings. The van der Waals surface area contributed by atoms with Crippen LogP contribution in [0.2, 0.25) is 0 Å². The van der Waals surface area contributed by atoms with Gasteiger partial charge in [-0.25, -0.2) is 4.39 Å². The van der Waals surface area contributed by atoms with E-state index in [0.717, 1.165) is 0 Å². The fourth-order valence-electron chi connectivity index (χ4n) is 0.536. The third kappa shape index (κ3) is 2.69. The smallest absolute Gasteiger partial charge is 0.321 e. The van der Waals surface area contributed by atoms with E-state index in [9.17, 15) is 9.18 Å². The van der Waals surface area contributed by atoms with Crippen LogP contribution in [0.25, 0.3) is 0 Å².